The summed E-state index contributed by atoms with van der Waals surface area (Å²) in [5.74, 6) is -0.386. The third-order valence-electron chi connectivity index (χ3n) is 3.38. The predicted octanol–water partition coefficient (Wildman–Crippen LogP) is 5.12. The fourth-order valence-corrected chi connectivity index (χ4v) is 2.07. The zero-order chi connectivity index (χ0) is 17.0. The van der Waals surface area contributed by atoms with E-state index in [4.69, 9.17) is 0 Å². The number of rotatable bonds is 4. The molecule has 0 bridgehead atoms. The minimum atomic E-state index is -4.61. The van der Waals surface area contributed by atoms with Crippen molar-refractivity contribution in [2.75, 3.05) is 0 Å². The monoisotopic (exact) mass is 319 g/mol. The molecule has 1 aromatic heterocycles. The van der Waals surface area contributed by atoms with Crippen LogP contribution >= 0.6 is 0 Å². The van der Waals surface area contributed by atoms with Crippen LogP contribution in [0.3, 0.4) is 0 Å². The number of hydrogen-bond acceptors (Lipinski definition) is 2. The van der Waals surface area contributed by atoms with Crippen molar-refractivity contribution in [3.63, 3.8) is 0 Å². The number of ketones is 1. The maximum atomic E-state index is 12.9. The first-order valence-electron chi connectivity index (χ1n) is 7.13. The topological polar surface area (TPSA) is 30.0 Å². The normalized spacial score (nSPS) is 12.1. The highest BCUT2D eigenvalue weighted by atomic mass is 19.4. The smallest absolute Gasteiger partial charge is 0.288 e. The van der Waals surface area contributed by atoms with E-state index in [1.165, 1.54) is 12.3 Å². The quantitative estimate of drug-likeness (QED) is 0.578. The number of carbonyl (C=O) groups excluding carboxylic acids is 1. The highest BCUT2D eigenvalue weighted by molar-refractivity contribution is 6.06. The Labute approximate surface area is 132 Å². The fraction of sp³-hybridized carbons (Fsp3) is 0.222. The van der Waals surface area contributed by atoms with Crippen molar-refractivity contribution < 1.29 is 18.0 Å². The number of carbonyl (C=O) groups is 1. The summed E-state index contributed by atoms with van der Waals surface area (Å²) in [4.78, 5) is 15.6. The zero-order valence-corrected chi connectivity index (χ0v) is 12.8. The summed E-state index contributed by atoms with van der Waals surface area (Å²) in [6.07, 6.45) is -0.830. The van der Waals surface area contributed by atoms with E-state index >= 15 is 0 Å². The van der Waals surface area contributed by atoms with Crippen LogP contribution in [-0.2, 0) is 6.18 Å². The Morgan fingerprint density at radius 1 is 1.13 bits per heavy atom. The Morgan fingerprint density at radius 2 is 1.78 bits per heavy atom. The second-order valence-electron chi connectivity index (χ2n) is 5.42. The molecular weight excluding hydrogens is 303 g/mol. The number of allylic oxidation sites excluding steroid dienone is 1. The molecule has 1 aromatic carbocycles. The first-order valence-corrected chi connectivity index (χ1v) is 7.13. The summed E-state index contributed by atoms with van der Waals surface area (Å²) in [7, 11) is 0. The molecule has 0 radical (unpaired) electrons. The van der Waals surface area contributed by atoms with E-state index < -0.39 is 23.2 Å². The average Bonchev–Trinajstić information content (AvgIpc) is 2.52. The molecule has 2 nitrogen and oxygen atoms in total. The lowest BCUT2D eigenvalue weighted by molar-refractivity contribution is -0.138. The molecule has 5 heteroatoms. The van der Waals surface area contributed by atoms with Gasteiger partial charge in [-0.15, -0.1) is 0 Å². The molecule has 0 amide bonds. The molecule has 0 fully saturated rings. The van der Waals surface area contributed by atoms with Crippen LogP contribution in [0, 0.1) is 0 Å². The van der Waals surface area contributed by atoms with Gasteiger partial charge in [-0.2, -0.15) is 13.2 Å². The van der Waals surface area contributed by atoms with E-state index in [9.17, 15) is 18.0 Å². The lowest BCUT2D eigenvalue weighted by Gasteiger charge is -2.09. The standard InChI is InChI=1S/C18H16F3NO/c1-12(2)14-8-5-13(6-9-14)7-10-16(23)17-15(18(19,20)21)4-3-11-22-17/h3-12H,1-2H3. The first kappa shape index (κ1) is 16.9. The number of benzene rings is 1. The molecule has 0 spiro atoms. The summed E-state index contributed by atoms with van der Waals surface area (Å²) >= 11 is 0. The van der Waals surface area contributed by atoms with Gasteiger partial charge in [-0.25, -0.2) is 0 Å². The zero-order valence-electron chi connectivity index (χ0n) is 12.8. The molecule has 0 saturated heterocycles. The van der Waals surface area contributed by atoms with Crippen molar-refractivity contribution in [1.29, 1.82) is 0 Å². The van der Waals surface area contributed by atoms with Crippen molar-refractivity contribution in [3.8, 4) is 0 Å². The van der Waals surface area contributed by atoms with Gasteiger partial charge >= 0.3 is 6.18 Å². The fourth-order valence-electron chi connectivity index (χ4n) is 2.07. The molecule has 2 aromatic rings. The molecule has 0 unspecified atom stereocenters. The lowest BCUT2D eigenvalue weighted by atomic mass is 10.0. The van der Waals surface area contributed by atoms with E-state index in [-0.39, 0.29) is 0 Å². The van der Waals surface area contributed by atoms with Crippen molar-refractivity contribution in [3.05, 3.63) is 71.1 Å². The van der Waals surface area contributed by atoms with Crippen molar-refractivity contribution >= 4 is 11.9 Å². The molecule has 1 heterocycles. The summed E-state index contributed by atoms with van der Waals surface area (Å²) in [6.45, 7) is 4.13. The summed E-state index contributed by atoms with van der Waals surface area (Å²) in [5.41, 5.74) is 0.282. The van der Waals surface area contributed by atoms with Gasteiger partial charge in [-0.05, 0) is 35.3 Å². The first-order chi connectivity index (χ1) is 10.8. The van der Waals surface area contributed by atoms with Crippen LogP contribution < -0.4 is 0 Å². The van der Waals surface area contributed by atoms with Crippen LogP contribution in [0.4, 0.5) is 13.2 Å². The molecule has 0 atom stereocenters. The Bertz CT molecular complexity index is 716. The minimum absolute atomic E-state index is 0.387. The molecule has 2 rings (SSSR count). The van der Waals surface area contributed by atoms with Gasteiger partial charge in [-0.1, -0.05) is 44.2 Å². The van der Waals surface area contributed by atoms with Gasteiger partial charge in [0.2, 0.25) is 5.78 Å². The molecule has 23 heavy (non-hydrogen) atoms. The van der Waals surface area contributed by atoms with Crippen LogP contribution in [-0.4, -0.2) is 10.8 Å². The van der Waals surface area contributed by atoms with Crippen LogP contribution in [0.15, 0.2) is 48.7 Å². The minimum Gasteiger partial charge on any atom is -0.288 e. The number of halogens is 3. The van der Waals surface area contributed by atoms with Crippen LogP contribution in [0.25, 0.3) is 6.08 Å². The average molecular weight is 319 g/mol. The molecule has 0 saturated carbocycles. The van der Waals surface area contributed by atoms with Crippen LogP contribution in [0.1, 0.15) is 46.9 Å². The van der Waals surface area contributed by atoms with E-state index in [0.717, 1.165) is 29.3 Å². The van der Waals surface area contributed by atoms with Gasteiger partial charge in [0, 0.05) is 6.20 Å². The number of pyridine rings is 1. The highest BCUT2D eigenvalue weighted by Crippen LogP contribution is 2.31. The molecule has 0 aliphatic rings. The molecule has 0 N–H and O–H groups in total. The van der Waals surface area contributed by atoms with Gasteiger partial charge in [0.05, 0.1) is 5.56 Å². The Balaban J connectivity index is 2.22. The number of nitrogens with zero attached hydrogens (tertiary/aromatic N) is 1. The highest BCUT2D eigenvalue weighted by Gasteiger charge is 2.35. The molecular formula is C18H16F3NO. The number of aromatic nitrogens is 1. The van der Waals surface area contributed by atoms with Crippen LogP contribution in [0.2, 0.25) is 0 Å². The van der Waals surface area contributed by atoms with Gasteiger partial charge in [0.15, 0.2) is 0 Å². The van der Waals surface area contributed by atoms with Crippen molar-refractivity contribution in [2.45, 2.75) is 25.9 Å². The second kappa shape index (κ2) is 6.77. The third kappa shape index (κ3) is 4.28. The maximum absolute atomic E-state index is 12.9. The van der Waals surface area contributed by atoms with E-state index in [1.807, 2.05) is 24.3 Å². The maximum Gasteiger partial charge on any atom is 0.418 e. The lowest BCUT2D eigenvalue weighted by Crippen LogP contribution is -2.13. The summed E-state index contributed by atoms with van der Waals surface area (Å²) in [6, 6.07) is 9.51. The summed E-state index contributed by atoms with van der Waals surface area (Å²) in [5, 5.41) is 0. The third-order valence-corrected chi connectivity index (χ3v) is 3.38. The molecule has 0 aliphatic heterocycles. The van der Waals surface area contributed by atoms with E-state index in [1.54, 1.807) is 0 Å². The Morgan fingerprint density at radius 3 is 2.35 bits per heavy atom. The predicted molar refractivity (Wildman–Crippen MR) is 83.1 cm³/mol. The Hall–Kier alpha value is -2.43. The second-order valence-corrected chi connectivity index (χ2v) is 5.42. The van der Waals surface area contributed by atoms with Crippen molar-refractivity contribution in [2.24, 2.45) is 0 Å². The summed E-state index contributed by atoms with van der Waals surface area (Å²) < 4.78 is 38.6. The van der Waals surface area contributed by atoms with Gasteiger partial charge in [-0.3, -0.25) is 9.78 Å². The Kier molecular flexibility index (Phi) is 4.98. The number of hydrogen-bond donors (Lipinski definition) is 0. The van der Waals surface area contributed by atoms with Crippen molar-refractivity contribution in [1.82, 2.24) is 4.98 Å². The molecule has 0 aliphatic carbocycles. The van der Waals surface area contributed by atoms with Gasteiger partial charge in [0.1, 0.15) is 5.69 Å². The van der Waals surface area contributed by atoms with E-state index in [2.05, 4.69) is 18.8 Å². The SMILES string of the molecule is CC(C)c1ccc(C=CC(=O)c2ncccc2C(F)(F)F)cc1. The number of alkyl halides is 3. The largest absolute Gasteiger partial charge is 0.418 e. The van der Waals surface area contributed by atoms with E-state index in [0.29, 0.717) is 5.92 Å². The molecule has 120 valence electrons. The van der Waals surface area contributed by atoms with Crippen LogP contribution in [0.5, 0.6) is 0 Å². The van der Waals surface area contributed by atoms with Gasteiger partial charge < -0.3 is 0 Å². The van der Waals surface area contributed by atoms with Gasteiger partial charge in [0.25, 0.3) is 0 Å².